The van der Waals surface area contributed by atoms with E-state index >= 15 is 0 Å². The predicted octanol–water partition coefficient (Wildman–Crippen LogP) is 1.66. The van der Waals surface area contributed by atoms with E-state index in [1.807, 2.05) is 11.0 Å². The molecule has 0 radical (unpaired) electrons. The summed E-state index contributed by atoms with van der Waals surface area (Å²) in [6.45, 7) is 5.75. The Morgan fingerprint density at radius 2 is 1.92 bits per heavy atom. The predicted molar refractivity (Wildman–Crippen MR) is 93.2 cm³/mol. The fraction of sp³-hybridized carbons (Fsp3) is 0.412. The minimum atomic E-state index is 0.0243. The van der Waals surface area contributed by atoms with Crippen molar-refractivity contribution in [3.05, 3.63) is 42.5 Å². The van der Waals surface area contributed by atoms with Crippen LogP contribution in [-0.4, -0.2) is 58.5 Å². The number of carbonyl (C=O) groups is 1. The molecule has 3 rings (SSSR count). The molecule has 7 heteroatoms. The summed E-state index contributed by atoms with van der Waals surface area (Å²) < 4.78 is 0. The van der Waals surface area contributed by atoms with E-state index in [-0.39, 0.29) is 5.91 Å². The first-order valence-electron chi connectivity index (χ1n) is 8.28. The van der Waals surface area contributed by atoms with Gasteiger partial charge in [-0.25, -0.2) is 9.97 Å². The summed E-state index contributed by atoms with van der Waals surface area (Å²) in [4.78, 5) is 29.3. The Morgan fingerprint density at radius 3 is 2.62 bits per heavy atom. The van der Waals surface area contributed by atoms with Crippen LogP contribution >= 0.6 is 0 Å². The molecule has 1 N–H and O–H groups in total. The van der Waals surface area contributed by atoms with Gasteiger partial charge in [-0.3, -0.25) is 9.78 Å². The van der Waals surface area contributed by atoms with E-state index in [1.165, 1.54) is 0 Å². The van der Waals surface area contributed by atoms with E-state index in [1.54, 1.807) is 30.9 Å². The third-order valence-electron chi connectivity index (χ3n) is 3.97. The van der Waals surface area contributed by atoms with E-state index in [4.69, 9.17) is 0 Å². The Hall–Kier alpha value is -2.70. The highest BCUT2D eigenvalue weighted by molar-refractivity contribution is 5.94. The van der Waals surface area contributed by atoms with Crippen LogP contribution in [0.2, 0.25) is 0 Å². The number of rotatable bonds is 5. The first kappa shape index (κ1) is 16.2. The van der Waals surface area contributed by atoms with Gasteiger partial charge in [0.2, 0.25) is 5.95 Å². The summed E-state index contributed by atoms with van der Waals surface area (Å²) in [6.07, 6.45) is 7.88. The molecule has 2 aromatic heterocycles. The van der Waals surface area contributed by atoms with Crippen molar-refractivity contribution in [3.8, 4) is 0 Å². The van der Waals surface area contributed by atoms with Crippen LogP contribution in [0.4, 0.5) is 11.6 Å². The molecular formula is C17H22N6O. The lowest BCUT2D eigenvalue weighted by Crippen LogP contribution is -2.49. The molecule has 0 atom stereocenters. The molecule has 1 amide bonds. The molecule has 1 fully saturated rings. The minimum Gasteiger partial charge on any atom is -0.384 e. The Labute approximate surface area is 141 Å². The number of hydrogen-bond donors (Lipinski definition) is 1. The smallest absolute Gasteiger partial charge is 0.255 e. The molecule has 24 heavy (non-hydrogen) atoms. The van der Waals surface area contributed by atoms with Gasteiger partial charge in [0.05, 0.1) is 11.3 Å². The number of piperazine rings is 1. The van der Waals surface area contributed by atoms with Crippen molar-refractivity contribution < 1.29 is 4.79 Å². The van der Waals surface area contributed by atoms with Crippen LogP contribution in [0.3, 0.4) is 0 Å². The van der Waals surface area contributed by atoms with Crippen LogP contribution in [0, 0.1) is 0 Å². The average Bonchev–Trinajstić information content (AvgIpc) is 2.67. The first-order valence-corrected chi connectivity index (χ1v) is 8.28. The fourth-order valence-corrected chi connectivity index (χ4v) is 2.67. The van der Waals surface area contributed by atoms with Gasteiger partial charge < -0.3 is 15.1 Å². The van der Waals surface area contributed by atoms with E-state index < -0.39 is 0 Å². The Bertz CT molecular complexity index is 670. The zero-order valence-electron chi connectivity index (χ0n) is 13.9. The van der Waals surface area contributed by atoms with Crippen LogP contribution in [0.25, 0.3) is 0 Å². The van der Waals surface area contributed by atoms with Gasteiger partial charge in [-0.1, -0.05) is 6.92 Å². The lowest BCUT2D eigenvalue weighted by Gasteiger charge is -2.34. The molecule has 7 nitrogen and oxygen atoms in total. The second-order valence-corrected chi connectivity index (χ2v) is 5.72. The van der Waals surface area contributed by atoms with Crippen molar-refractivity contribution in [2.75, 3.05) is 42.9 Å². The molecule has 1 aliphatic heterocycles. The molecule has 3 heterocycles. The maximum atomic E-state index is 12.7. The number of hydrogen-bond acceptors (Lipinski definition) is 6. The topological polar surface area (TPSA) is 74.2 Å². The lowest BCUT2D eigenvalue weighted by atomic mass is 10.2. The molecule has 0 aliphatic carbocycles. The van der Waals surface area contributed by atoms with Gasteiger partial charge in [-0.05, 0) is 18.6 Å². The first-order chi connectivity index (χ1) is 11.8. The summed E-state index contributed by atoms with van der Waals surface area (Å²) >= 11 is 0. The van der Waals surface area contributed by atoms with Gasteiger partial charge >= 0.3 is 0 Å². The van der Waals surface area contributed by atoms with Gasteiger partial charge in [-0.2, -0.15) is 0 Å². The molecule has 126 valence electrons. The summed E-state index contributed by atoms with van der Waals surface area (Å²) in [5.41, 5.74) is 1.51. The second-order valence-electron chi connectivity index (χ2n) is 5.72. The number of amides is 1. The third-order valence-corrected chi connectivity index (χ3v) is 3.97. The van der Waals surface area contributed by atoms with Gasteiger partial charge in [-0.15, -0.1) is 0 Å². The zero-order chi connectivity index (χ0) is 16.8. The van der Waals surface area contributed by atoms with Crippen molar-refractivity contribution in [2.45, 2.75) is 13.3 Å². The highest BCUT2D eigenvalue weighted by Crippen LogP contribution is 2.14. The monoisotopic (exact) mass is 326 g/mol. The molecule has 0 bridgehead atoms. The van der Waals surface area contributed by atoms with Crippen LogP contribution in [0.5, 0.6) is 0 Å². The molecular weight excluding hydrogens is 304 g/mol. The molecule has 0 aromatic carbocycles. The van der Waals surface area contributed by atoms with Crippen LogP contribution in [0.1, 0.15) is 23.7 Å². The minimum absolute atomic E-state index is 0.0243. The van der Waals surface area contributed by atoms with Crippen LogP contribution in [-0.2, 0) is 0 Å². The van der Waals surface area contributed by atoms with E-state index in [0.717, 1.165) is 37.7 Å². The number of anilines is 2. The highest BCUT2D eigenvalue weighted by Gasteiger charge is 2.23. The fourth-order valence-electron chi connectivity index (χ4n) is 2.67. The van der Waals surface area contributed by atoms with E-state index in [2.05, 4.69) is 32.1 Å². The zero-order valence-corrected chi connectivity index (χ0v) is 13.9. The number of nitrogens with one attached hydrogen (secondary N) is 1. The Morgan fingerprint density at radius 1 is 1.17 bits per heavy atom. The Kier molecular flexibility index (Phi) is 5.20. The summed E-state index contributed by atoms with van der Waals surface area (Å²) in [6, 6.07) is 3.67. The van der Waals surface area contributed by atoms with Crippen molar-refractivity contribution in [1.82, 2.24) is 19.9 Å². The van der Waals surface area contributed by atoms with E-state index in [0.29, 0.717) is 18.7 Å². The van der Waals surface area contributed by atoms with Gasteiger partial charge in [0.1, 0.15) is 0 Å². The lowest BCUT2D eigenvalue weighted by molar-refractivity contribution is 0.0746. The van der Waals surface area contributed by atoms with Gasteiger partial charge in [0.15, 0.2) is 0 Å². The molecule has 0 unspecified atom stereocenters. The van der Waals surface area contributed by atoms with Crippen molar-refractivity contribution >= 4 is 17.5 Å². The summed E-state index contributed by atoms with van der Waals surface area (Å²) in [5.74, 6) is 0.744. The standard InChI is InChI=1S/C17H22N6O/c1-2-4-19-15-11-14(12-18-13-15)16(24)22-7-9-23(10-8-22)17-20-5-3-6-21-17/h3,5-6,11-13,19H,2,4,7-10H2,1H3. The second kappa shape index (κ2) is 7.72. The summed E-state index contributed by atoms with van der Waals surface area (Å²) in [7, 11) is 0. The van der Waals surface area contributed by atoms with Crippen LogP contribution < -0.4 is 10.2 Å². The molecule has 1 saturated heterocycles. The van der Waals surface area contributed by atoms with Crippen molar-refractivity contribution in [1.29, 1.82) is 0 Å². The van der Waals surface area contributed by atoms with Crippen molar-refractivity contribution in [2.24, 2.45) is 0 Å². The highest BCUT2D eigenvalue weighted by atomic mass is 16.2. The number of aromatic nitrogens is 3. The largest absolute Gasteiger partial charge is 0.384 e. The normalized spacial score (nSPS) is 14.5. The maximum Gasteiger partial charge on any atom is 0.255 e. The number of carbonyl (C=O) groups excluding carboxylic acids is 1. The van der Waals surface area contributed by atoms with Crippen LogP contribution in [0.15, 0.2) is 36.9 Å². The molecule has 0 spiro atoms. The Balaban J connectivity index is 1.61. The average molecular weight is 326 g/mol. The van der Waals surface area contributed by atoms with Crippen molar-refractivity contribution in [3.63, 3.8) is 0 Å². The quantitative estimate of drug-likeness (QED) is 0.901. The van der Waals surface area contributed by atoms with E-state index in [9.17, 15) is 4.79 Å². The number of nitrogens with zero attached hydrogens (tertiary/aromatic N) is 5. The SMILES string of the molecule is CCCNc1cncc(C(=O)N2CCN(c3ncccn3)CC2)c1. The van der Waals surface area contributed by atoms with Gasteiger partial charge in [0, 0.05) is 57.5 Å². The molecule has 1 aliphatic rings. The van der Waals surface area contributed by atoms with Gasteiger partial charge in [0.25, 0.3) is 5.91 Å². The molecule has 0 saturated carbocycles. The summed E-state index contributed by atoms with van der Waals surface area (Å²) in [5, 5.41) is 3.26. The number of pyridine rings is 1. The molecule has 2 aromatic rings. The third kappa shape index (κ3) is 3.79. The maximum absolute atomic E-state index is 12.7.